The van der Waals surface area contributed by atoms with Crippen molar-refractivity contribution in [3.8, 4) is 22.9 Å². The van der Waals surface area contributed by atoms with E-state index in [2.05, 4.69) is 10.1 Å². The molecule has 19 heavy (non-hydrogen) atoms. The van der Waals surface area contributed by atoms with Gasteiger partial charge in [0.2, 0.25) is 0 Å². The molecule has 3 rings (SSSR count). The number of aromatic nitrogens is 2. The van der Waals surface area contributed by atoms with Gasteiger partial charge < -0.3 is 8.94 Å². The second kappa shape index (κ2) is 4.37. The van der Waals surface area contributed by atoms with E-state index in [1.807, 2.05) is 6.07 Å². The van der Waals surface area contributed by atoms with Gasteiger partial charge in [0.05, 0.1) is 6.07 Å². The molecule has 0 saturated heterocycles. The van der Waals surface area contributed by atoms with Gasteiger partial charge in [-0.1, -0.05) is 11.2 Å². The zero-order valence-corrected chi connectivity index (χ0v) is 9.52. The Morgan fingerprint density at radius 1 is 1.11 bits per heavy atom. The monoisotopic (exact) mass is 257 g/mol. The second-order valence-electron chi connectivity index (χ2n) is 3.69. The normalized spacial score (nSPS) is 10.5. The summed E-state index contributed by atoms with van der Waals surface area (Å²) in [7, 11) is 0. The lowest BCUT2D eigenvalue weighted by atomic mass is 10.2. The maximum atomic E-state index is 10.5. The number of hydrogen-bond donors (Lipinski definition) is 0. The maximum absolute atomic E-state index is 10.5. The van der Waals surface area contributed by atoms with Crippen molar-refractivity contribution in [1.29, 1.82) is 0 Å². The Bertz CT molecular complexity index is 717. The molecule has 3 aromatic rings. The van der Waals surface area contributed by atoms with Crippen LogP contribution in [0.15, 0.2) is 51.5 Å². The van der Waals surface area contributed by atoms with Crippen molar-refractivity contribution in [3.05, 3.63) is 52.7 Å². The quantitative estimate of drug-likeness (QED) is 0.528. The van der Waals surface area contributed by atoms with Gasteiger partial charge in [-0.15, -0.1) is 0 Å². The van der Waals surface area contributed by atoms with Crippen LogP contribution < -0.4 is 0 Å². The first kappa shape index (κ1) is 11.1. The molecule has 7 heteroatoms. The molecule has 0 unspecified atom stereocenters. The third-order valence-electron chi connectivity index (χ3n) is 2.45. The van der Waals surface area contributed by atoms with Crippen LogP contribution in [0.25, 0.3) is 22.9 Å². The highest BCUT2D eigenvalue weighted by atomic mass is 16.6. The van der Waals surface area contributed by atoms with Crippen molar-refractivity contribution in [1.82, 2.24) is 10.1 Å². The zero-order valence-electron chi connectivity index (χ0n) is 9.52. The largest absolute Gasteiger partial charge is 0.433 e. The van der Waals surface area contributed by atoms with E-state index in [1.165, 1.54) is 12.1 Å². The van der Waals surface area contributed by atoms with Crippen molar-refractivity contribution in [2.45, 2.75) is 0 Å². The van der Waals surface area contributed by atoms with Gasteiger partial charge in [-0.3, -0.25) is 15.1 Å². The lowest BCUT2D eigenvalue weighted by Gasteiger charge is -1.90. The zero-order chi connectivity index (χ0) is 13.2. The topological polar surface area (TPSA) is 95.2 Å². The predicted molar refractivity (Wildman–Crippen MR) is 64.1 cm³/mol. The molecule has 94 valence electrons. The minimum atomic E-state index is -0.608. The third kappa shape index (κ3) is 2.08. The van der Waals surface area contributed by atoms with E-state index in [0.717, 1.165) is 0 Å². The fourth-order valence-corrected chi connectivity index (χ4v) is 1.58. The SMILES string of the molecule is O=[N+]([O-])c1ccc(-c2cc(-c3ccccn3)on2)o1. The molecule has 0 aliphatic carbocycles. The first-order valence-corrected chi connectivity index (χ1v) is 5.37. The molecule has 0 aliphatic heterocycles. The Morgan fingerprint density at radius 3 is 2.68 bits per heavy atom. The highest BCUT2D eigenvalue weighted by molar-refractivity contribution is 5.61. The average molecular weight is 257 g/mol. The fraction of sp³-hybridized carbons (Fsp3) is 0. The molecule has 0 aromatic carbocycles. The Morgan fingerprint density at radius 2 is 2.00 bits per heavy atom. The van der Waals surface area contributed by atoms with Gasteiger partial charge >= 0.3 is 5.88 Å². The minimum Gasteiger partial charge on any atom is -0.399 e. The van der Waals surface area contributed by atoms with Crippen molar-refractivity contribution in [3.63, 3.8) is 0 Å². The summed E-state index contributed by atoms with van der Waals surface area (Å²) < 4.78 is 10.2. The van der Waals surface area contributed by atoms with Gasteiger partial charge in [0.25, 0.3) is 0 Å². The van der Waals surface area contributed by atoms with Crippen LogP contribution in [0.3, 0.4) is 0 Å². The van der Waals surface area contributed by atoms with Gasteiger partial charge in [-0.2, -0.15) is 0 Å². The highest BCUT2D eigenvalue weighted by Gasteiger charge is 2.16. The standard InChI is InChI=1S/C12H7N3O4/c16-15(17)12-5-4-10(18-12)9-7-11(19-14-9)8-3-1-2-6-13-8/h1-7H. The van der Waals surface area contributed by atoms with Crippen molar-refractivity contribution < 1.29 is 13.9 Å². The van der Waals surface area contributed by atoms with Gasteiger partial charge in [0, 0.05) is 12.3 Å². The molecular formula is C12H7N3O4. The maximum Gasteiger partial charge on any atom is 0.433 e. The van der Waals surface area contributed by atoms with Crippen LogP contribution >= 0.6 is 0 Å². The molecule has 0 radical (unpaired) electrons. The number of furan rings is 1. The van der Waals surface area contributed by atoms with Gasteiger partial charge in [-0.05, 0) is 18.2 Å². The van der Waals surface area contributed by atoms with Crippen LogP contribution in [0.5, 0.6) is 0 Å². The first-order chi connectivity index (χ1) is 9.24. The molecule has 0 N–H and O–H groups in total. The van der Waals surface area contributed by atoms with E-state index in [4.69, 9.17) is 8.94 Å². The van der Waals surface area contributed by atoms with Crippen molar-refractivity contribution in [2.24, 2.45) is 0 Å². The summed E-state index contributed by atoms with van der Waals surface area (Å²) in [6.45, 7) is 0. The Kier molecular flexibility index (Phi) is 2.57. The lowest BCUT2D eigenvalue weighted by Crippen LogP contribution is -1.82. The summed E-state index contributed by atoms with van der Waals surface area (Å²) in [6, 6.07) is 9.74. The minimum absolute atomic E-state index is 0.276. The van der Waals surface area contributed by atoms with E-state index >= 15 is 0 Å². The third-order valence-corrected chi connectivity index (χ3v) is 2.45. The van der Waals surface area contributed by atoms with Gasteiger partial charge in [-0.25, -0.2) is 0 Å². The summed E-state index contributed by atoms with van der Waals surface area (Å²) in [5.41, 5.74) is 1.01. The first-order valence-electron chi connectivity index (χ1n) is 5.37. The van der Waals surface area contributed by atoms with Crippen molar-refractivity contribution >= 4 is 5.88 Å². The van der Waals surface area contributed by atoms with Gasteiger partial charge in [0.15, 0.2) is 11.5 Å². The predicted octanol–water partition coefficient (Wildman–Crippen LogP) is 2.90. The summed E-state index contributed by atoms with van der Waals surface area (Å²) in [4.78, 5) is 14.0. The van der Waals surface area contributed by atoms with E-state index in [-0.39, 0.29) is 11.6 Å². The second-order valence-corrected chi connectivity index (χ2v) is 3.69. The van der Waals surface area contributed by atoms with E-state index < -0.39 is 4.92 Å². The van der Waals surface area contributed by atoms with E-state index in [1.54, 1.807) is 24.4 Å². The number of nitro groups is 1. The lowest BCUT2D eigenvalue weighted by molar-refractivity contribution is -0.401. The molecule has 7 nitrogen and oxygen atoms in total. The van der Waals surface area contributed by atoms with Crippen LogP contribution in [0.1, 0.15) is 0 Å². The number of rotatable bonds is 3. The highest BCUT2D eigenvalue weighted by Crippen LogP contribution is 2.28. The molecule has 3 aromatic heterocycles. The van der Waals surface area contributed by atoms with Crippen LogP contribution in [-0.2, 0) is 0 Å². The van der Waals surface area contributed by atoms with Crippen LogP contribution in [0.2, 0.25) is 0 Å². The molecular weight excluding hydrogens is 250 g/mol. The summed E-state index contributed by atoms with van der Waals surface area (Å²) >= 11 is 0. The Labute approximate surface area is 106 Å². The van der Waals surface area contributed by atoms with E-state index in [9.17, 15) is 10.1 Å². The van der Waals surface area contributed by atoms with Gasteiger partial charge in [0.1, 0.15) is 16.3 Å². The smallest absolute Gasteiger partial charge is 0.399 e. The molecule has 0 atom stereocenters. The average Bonchev–Trinajstić information content (AvgIpc) is 3.09. The van der Waals surface area contributed by atoms with Crippen LogP contribution in [0, 0.1) is 10.1 Å². The molecule has 0 bridgehead atoms. The molecule has 0 amide bonds. The molecule has 3 heterocycles. The summed E-state index contributed by atoms with van der Waals surface area (Å²) in [6.07, 6.45) is 1.63. The van der Waals surface area contributed by atoms with Crippen LogP contribution in [-0.4, -0.2) is 15.1 Å². The number of pyridine rings is 1. The summed E-state index contributed by atoms with van der Waals surface area (Å²) in [5.74, 6) is 0.407. The summed E-state index contributed by atoms with van der Waals surface area (Å²) in [5, 5.41) is 14.3. The fourth-order valence-electron chi connectivity index (χ4n) is 1.58. The number of hydrogen-bond acceptors (Lipinski definition) is 6. The van der Waals surface area contributed by atoms with E-state index in [0.29, 0.717) is 17.1 Å². The molecule has 0 saturated carbocycles. The van der Waals surface area contributed by atoms with Crippen molar-refractivity contribution in [2.75, 3.05) is 0 Å². The van der Waals surface area contributed by atoms with Crippen LogP contribution in [0.4, 0.5) is 5.88 Å². The number of nitrogens with zero attached hydrogens (tertiary/aromatic N) is 3. The molecule has 0 fully saturated rings. The Hall–Kier alpha value is -2.96. The molecule has 0 aliphatic rings. The molecule has 0 spiro atoms. The Balaban J connectivity index is 1.94.